The van der Waals surface area contributed by atoms with Gasteiger partial charge in [-0.05, 0) is 6.07 Å². The van der Waals surface area contributed by atoms with Gasteiger partial charge in [-0.1, -0.05) is 50.6 Å². The van der Waals surface area contributed by atoms with Crippen LogP contribution in [0.15, 0.2) is 30.3 Å². The van der Waals surface area contributed by atoms with Gasteiger partial charge in [-0.3, -0.25) is 4.68 Å². The summed E-state index contributed by atoms with van der Waals surface area (Å²) in [4.78, 5) is 12.0. The van der Waals surface area contributed by atoms with Crippen molar-refractivity contribution in [2.24, 2.45) is 7.05 Å². The van der Waals surface area contributed by atoms with Gasteiger partial charge in [0.1, 0.15) is 17.0 Å². The molecule has 0 amide bonds. The van der Waals surface area contributed by atoms with Crippen molar-refractivity contribution in [3.8, 4) is 28.5 Å². The van der Waals surface area contributed by atoms with Crippen LogP contribution >= 0.6 is 24.0 Å². The second-order valence-corrected chi connectivity index (χ2v) is 8.80. The number of aryl methyl sites for hydroxylation is 1. The Labute approximate surface area is 199 Å². The van der Waals surface area contributed by atoms with E-state index in [0.717, 1.165) is 6.07 Å². The smallest absolute Gasteiger partial charge is 0.417 e. The highest BCUT2D eigenvalue weighted by Crippen LogP contribution is 2.40. The van der Waals surface area contributed by atoms with Crippen molar-refractivity contribution in [3.63, 3.8) is 0 Å². The lowest BCUT2D eigenvalue weighted by Gasteiger charge is -2.15. The fourth-order valence-corrected chi connectivity index (χ4v) is 4.09. The highest BCUT2D eigenvalue weighted by molar-refractivity contribution is 6.33. The van der Waals surface area contributed by atoms with Crippen LogP contribution in [0.25, 0.3) is 33.9 Å². The summed E-state index contributed by atoms with van der Waals surface area (Å²) in [5.41, 5.74) is 0.889. The number of hydrogen-bond acceptors (Lipinski definition) is 4. The maximum absolute atomic E-state index is 13.5. The Balaban J connectivity index is 0.00000306. The number of aromatic amines is 1. The van der Waals surface area contributed by atoms with Gasteiger partial charge in [0, 0.05) is 24.1 Å². The average molecular weight is 500 g/mol. The van der Waals surface area contributed by atoms with Gasteiger partial charge in [0.05, 0.1) is 29.1 Å². The van der Waals surface area contributed by atoms with Crippen molar-refractivity contribution in [3.05, 3.63) is 46.6 Å². The Morgan fingerprint density at radius 3 is 2.33 bits per heavy atom. The topological polar surface area (TPSA) is 68.6 Å². The number of ether oxygens (including phenoxy) is 1. The highest BCUT2D eigenvalue weighted by Gasteiger charge is 2.34. The first-order valence-corrected chi connectivity index (χ1v) is 10.1. The molecule has 11 heteroatoms. The third-order valence-electron chi connectivity index (χ3n) is 5.08. The molecule has 0 bridgehead atoms. The molecule has 0 aliphatic carbocycles. The molecular weight excluding hydrogens is 478 g/mol. The lowest BCUT2D eigenvalue weighted by molar-refractivity contribution is -0.137. The number of hydrogen-bond donors (Lipinski definition) is 1. The van der Waals surface area contributed by atoms with Gasteiger partial charge in [-0.25, -0.2) is 9.97 Å². The van der Waals surface area contributed by atoms with E-state index in [-0.39, 0.29) is 34.7 Å². The molecule has 1 N–H and O–H groups in total. The zero-order valence-electron chi connectivity index (χ0n) is 18.5. The number of methoxy groups -OCH3 is 1. The van der Waals surface area contributed by atoms with E-state index in [1.165, 1.54) is 31.4 Å². The number of nitrogens with zero attached hydrogens (tertiary/aromatic N) is 4. The van der Waals surface area contributed by atoms with Crippen LogP contribution in [0.2, 0.25) is 5.02 Å². The Kier molecular flexibility index (Phi) is 6.43. The van der Waals surface area contributed by atoms with Gasteiger partial charge in [0.15, 0.2) is 11.5 Å². The number of rotatable bonds is 3. The van der Waals surface area contributed by atoms with E-state index in [2.05, 4.69) is 20.1 Å². The van der Waals surface area contributed by atoms with E-state index < -0.39 is 11.7 Å². The first kappa shape index (κ1) is 24.9. The summed E-state index contributed by atoms with van der Waals surface area (Å²) in [5.74, 6) is 0.706. The summed E-state index contributed by atoms with van der Waals surface area (Å²) >= 11 is 6.63. The van der Waals surface area contributed by atoms with E-state index >= 15 is 0 Å². The number of aromatic nitrogens is 5. The molecule has 0 spiro atoms. The van der Waals surface area contributed by atoms with Gasteiger partial charge < -0.3 is 9.72 Å². The molecule has 4 rings (SSSR count). The Morgan fingerprint density at radius 2 is 1.76 bits per heavy atom. The molecule has 0 radical (unpaired) electrons. The molecule has 0 aliphatic rings. The fourth-order valence-electron chi connectivity index (χ4n) is 3.56. The van der Waals surface area contributed by atoms with Gasteiger partial charge >= 0.3 is 6.18 Å². The molecule has 3 aromatic heterocycles. The van der Waals surface area contributed by atoms with Crippen molar-refractivity contribution in [2.45, 2.75) is 32.4 Å². The molecule has 176 valence electrons. The number of H-pyrrole nitrogens is 1. The molecule has 6 nitrogen and oxygen atoms in total. The standard InChI is InChI=1S/C22H21ClF3N5O.ClH/c1-21(2,3)18-15(23)17(31(4)30-18)20-28-16-14(32-5)10-13(27-19(16)29-20)11-8-6-7-9-12(11)22(24,25)26;/h6-10H,1-5H3,(H,27,28,29);1H. The molecular formula is C22H22Cl2F3N5O. The van der Waals surface area contributed by atoms with Crippen LogP contribution in [-0.4, -0.2) is 31.8 Å². The minimum absolute atomic E-state index is 0. The van der Waals surface area contributed by atoms with E-state index in [9.17, 15) is 13.2 Å². The Bertz CT molecular complexity index is 1320. The second kappa shape index (κ2) is 8.53. The van der Waals surface area contributed by atoms with Crippen LogP contribution in [0, 0.1) is 0 Å². The number of halogens is 5. The molecule has 0 saturated carbocycles. The zero-order valence-corrected chi connectivity index (χ0v) is 20.1. The zero-order chi connectivity index (χ0) is 23.4. The van der Waals surface area contributed by atoms with E-state index in [4.69, 9.17) is 16.3 Å². The Hall–Kier alpha value is -2.78. The first-order valence-electron chi connectivity index (χ1n) is 9.76. The second-order valence-electron chi connectivity index (χ2n) is 8.42. The molecule has 0 saturated heterocycles. The lowest BCUT2D eigenvalue weighted by Crippen LogP contribution is -2.12. The molecule has 1 aromatic carbocycles. The lowest BCUT2D eigenvalue weighted by atomic mass is 9.92. The van der Waals surface area contributed by atoms with Crippen molar-refractivity contribution in [1.82, 2.24) is 24.7 Å². The number of benzene rings is 1. The van der Waals surface area contributed by atoms with E-state index in [1.54, 1.807) is 11.7 Å². The van der Waals surface area contributed by atoms with Crippen molar-refractivity contribution in [1.29, 1.82) is 0 Å². The van der Waals surface area contributed by atoms with Gasteiger partial charge in [0.2, 0.25) is 0 Å². The Morgan fingerprint density at radius 1 is 1.09 bits per heavy atom. The molecule has 0 atom stereocenters. The monoisotopic (exact) mass is 499 g/mol. The minimum atomic E-state index is -4.53. The molecule has 0 aliphatic heterocycles. The fraction of sp³-hybridized carbons (Fsp3) is 0.318. The summed E-state index contributed by atoms with van der Waals surface area (Å²) in [6.45, 7) is 6.00. The van der Waals surface area contributed by atoms with Gasteiger partial charge in [-0.2, -0.15) is 18.3 Å². The highest BCUT2D eigenvalue weighted by atomic mass is 35.5. The van der Waals surface area contributed by atoms with Crippen molar-refractivity contribution in [2.75, 3.05) is 7.11 Å². The van der Waals surface area contributed by atoms with Gasteiger partial charge in [-0.15, -0.1) is 12.4 Å². The summed E-state index contributed by atoms with van der Waals surface area (Å²) in [6, 6.07) is 6.72. The maximum atomic E-state index is 13.5. The normalized spacial score (nSPS) is 12.2. The molecule has 3 heterocycles. The minimum Gasteiger partial charge on any atom is -0.494 e. The van der Waals surface area contributed by atoms with Crippen LogP contribution in [0.1, 0.15) is 32.0 Å². The SMILES string of the molecule is COc1cc(-c2ccccc2C(F)(F)F)nc2nc(-c3c(Cl)c(C(C)(C)C)nn3C)[nH]c12.Cl. The molecule has 4 aromatic rings. The molecule has 33 heavy (non-hydrogen) atoms. The maximum Gasteiger partial charge on any atom is 0.417 e. The predicted octanol–water partition coefficient (Wildman–Crippen LogP) is 6.43. The number of pyridine rings is 1. The molecule has 0 unspecified atom stereocenters. The van der Waals surface area contributed by atoms with Crippen LogP contribution < -0.4 is 4.74 Å². The summed E-state index contributed by atoms with van der Waals surface area (Å²) < 4.78 is 47.7. The van der Waals surface area contributed by atoms with Crippen LogP contribution in [0.5, 0.6) is 5.75 Å². The summed E-state index contributed by atoms with van der Waals surface area (Å²) in [6.07, 6.45) is -4.53. The predicted molar refractivity (Wildman–Crippen MR) is 124 cm³/mol. The summed E-state index contributed by atoms with van der Waals surface area (Å²) in [7, 11) is 3.18. The van der Waals surface area contributed by atoms with Gasteiger partial charge in [0.25, 0.3) is 0 Å². The molecule has 0 fully saturated rings. The first-order chi connectivity index (χ1) is 14.9. The van der Waals surface area contributed by atoms with Crippen LogP contribution in [0.4, 0.5) is 13.2 Å². The number of nitrogens with one attached hydrogen (secondary N) is 1. The number of imidazole rings is 1. The van der Waals surface area contributed by atoms with Crippen LogP contribution in [-0.2, 0) is 18.6 Å². The van der Waals surface area contributed by atoms with Crippen LogP contribution in [0.3, 0.4) is 0 Å². The largest absolute Gasteiger partial charge is 0.494 e. The van der Waals surface area contributed by atoms with Crippen molar-refractivity contribution < 1.29 is 17.9 Å². The number of fused-ring (bicyclic) bond motifs is 1. The average Bonchev–Trinajstić information content (AvgIpc) is 3.26. The third-order valence-corrected chi connectivity index (χ3v) is 5.44. The third kappa shape index (κ3) is 4.39. The summed E-state index contributed by atoms with van der Waals surface area (Å²) in [5, 5.41) is 4.97. The quantitative estimate of drug-likeness (QED) is 0.352. The number of alkyl halides is 3. The van der Waals surface area contributed by atoms with E-state index in [0.29, 0.717) is 33.5 Å². The van der Waals surface area contributed by atoms with E-state index in [1.807, 2.05) is 20.8 Å². The van der Waals surface area contributed by atoms with Crippen molar-refractivity contribution >= 4 is 35.2 Å².